The Bertz CT molecular complexity index is 487. The molecule has 2 aromatic rings. The summed E-state index contributed by atoms with van der Waals surface area (Å²) in [5.74, 6) is 0.500. The van der Waals surface area contributed by atoms with Crippen LogP contribution in [0.2, 0.25) is 5.15 Å². The summed E-state index contributed by atoms with van der Waals surface area (Å²) in [4.78, 5) is 12.3. The molecule has 0 aliphatic carbocycles. The summed E-state index contributed by atoms with van der Waals surface area (Å²) in [5.41, 5.74) is 1.28. The van der Waals surface area contributed by atoms with Gasteiger partial charge in [-0.3, -0.25) is 0 Å². The molecule has 0 aliphatic heterocycles. The molecule has 0 saturated carbocycles. The van der Waals surface area contributed by atoms with Gasteiger partial charge in [0.2, 0.25) is 5.88 Å². The van der Waals surface area contributed by atoms with E-state index in [1.54, 1.807) is 18.5 Å². The van der Waals surface area contributed by atoms with Crippen molar-refractivity contribution in [3.05, 3.63) is 23.6 Å². The summed E-state index contributed by atoms with van der Waals surface area (Å²) >= 11 is 5.86. The molecule has 0 fully saturated rings. The molecule has 4 nitrogen and oxygen atoms in total. The molecule has 5 heteroatoms. The zero-order valence-corrected chi connectivity index (χ0v) is 9.19. The van der Waals surface area contributed by atoms with Gasteiger partial charge in [-0.2, -0.15) is 0 Å². The van der Waals surface area contributed by atoms with Crippen LogP contribution in [0, 0.1) is 0 Å². The van der Waals surface area contributed by atoms with E-state index < -0.39 is 0 Å². The third-order valence-electron chi connectivity index (χ3n) is 1.75. The maximum absolute atomic E-state index is 5.86. The molecule has 0 bridgehead atoms. The summed E-state index contributed by atoms with van der Waals surface area (Å²) < 4.78 is 5.43. The largest absolute Gasteiger partial charge is 0.474 e. The van der Waals surface area contributed by atoms with E-state index >= 15 is 0 Å². The molecule has 0 aliphatic rings. The van der Waals surface area contributed by atoms with Gasteiger partial charge in [-0.15, -0.1) is 0 Å². The van der Waals surface area contributed by atoms with E-state index in [4.69, 9.17) is 16.3 Å². The van der Waals surface area contributed by atoms with Gasteiger partial charge in [0.05, 0.1) is 17.8 Å². The van der Waals surface area contributed by atoms with Crippen LogP contribution in [0.3, 0.4) is 0 Å². The highest BCUT2D eigenvalue weighted by molar-refractivity contribution is 6.33. The van der Waals surface area contributed by atoms with Crippen LogP contribution in [-0.4, -0.2) is 21.1 Å². The summed E-state index contributed by atoms with van der Waals surface area (Å²) in [7, 11) is 0. The molecule has 78 valence electrons. The van der Waals surface area contributed by atoms with E-state index in [-0.39, 0.29) is 6.10 Å². The van der Waals surface area contributed by atoms with Gasteiger partial charge >= 0.3 is 0 Å². The van der Waals surface area contributed by atoms with E-state index in [0.717, 1.165) is 0 Å². The number of fused-ring (bicyclic) bond motifs is 1. The number of aromatic nitrogens is 3. The highest BCUT2D eigenvalue weighted by Gasteiger charge is 2.05. The van der Waals surface area contributed by atoms with Crippen LogP contribution in [0.15, 0.2) is 18.5 Å². The van der Waals surface area contributed by atoms with Crippen molar-refractivity contribution >= 4 is 22.6 Å². The zero-order chi connectivity index (χ0) is 10.8. The first kappa shape index (κ1) is 10.1. The molecule has 0 aromatic carbocycles. The van der Waals surface area contributed by atoms with Crippen LogP contribution in [0.5, 0.6) is 5.88 Å². The quantitative estimate of drug-likeness (QED) is 0.734. The van der Waals surface area contributed by atoms with Gasteiger partial charge in [-0.1, -0.05) is 11.6 Å². The molecule has 0 spiro atoms. The Kier molecular flexibility index (Phi) is 2.68. The third kappa shape index (κ3) is 2.15. The average molecular weight is 224 g/mol. The lowest BCUT2D eigenvalue weighted by Gasteiger charge is -2.08. The molecule has 0 radical (unpaired) electrons. The fourth-order valence-corrected chi connectivity index (χ4v) is 1.40. The van der Waals surface area contributed by atoms with Gasteiger partial charge in [-0.25, -0.2) is 15.0 Å². The fraction of sp³-hybridized carbons (Fsp3) is 0.300. The van der Waals surface area contributed by atoms with Crippen LogP contribution in [0.1, 0.15) is 13.8 Å². The van der Waals surface area contributed by atoms with Gasteiger partial charge in [0.1, 0.15) is 5.52 Å². The molecule has 15 heavy (non-hydrogen) atoms. The van der Waals surface area contributed by atoms with E-state index in [1.165, 1.54) is 0 Å². The molecule has 2 rings (SSSR count). The number of halogens is 1. The van der Waals surface area contributed by atoms with E-state index in [9.17, 15) is 0 Å². The van der Waals surface area contributed by atoms with Gasteiger partial charge < -0.3 is 4.74 Å². The lowest BCUT2D eigenvalue weighted by molar-refractivity contribution is 0.232. The first-order valence-electron chi connectivity index (χ1n) is 4.61. The fourth-order valence-electron chi connectivity index (χ4n) is 1.19. The van der Waals surface area contributed by atoms with Crippen molar-refractivity contribution in [3.8, 4) is 5.88 Å². The summed E-state index contributed by atoms with van der Waals surface area (Å²) in [6.45, 7) is 3.87. The van der Waals surface area contributed by atoms with Crippen molar-refractivity contribution in [3.63, 3.8) is 0 Å². The van der Waals surface area contributed by atoms with Crippen LogP contribution >= 0.6 is 11.6 Å². The van der Waals surface area contributed by atoms with Crippen LogP contribution in [-0.2, 0) is 0 Å². The Morgan fingerprint density at radius 3 is 2.87 bits per heavy atom. The maximum atomic E-state index is 5.86. The lowest BCUT2D eigenvalue weighted by atomic mass is 10.4. The monoisotopic (exact) mass is 223 g/mol. The minimum atomic E-state index is 0.0778. The Morgan fingerprint density at radius 1 is 1.33 bits per heavy atom. The summed E-state index contributed by atoms with van der Waals surface area (Å²) in [6.07, 6.45) is 3.23. The second-order valence-electron chi connectivity index (χ2n) is 3.34. The number of rotatable bonds is 2. The standard InChI is InChI=1S/C10H10ClN3O/c1-6(2)15-8-5-13-9-7(14-8)3-4-12-10(9)11/h3-6H,1-2H3. The summed E-state index contributed by atoms with van der Waals surface area (Å²) in [6, 6.07) is 1.75. The predicted octanol–water partition coefficient (Wildman–Crippen LogP) is 2.47. The number of nitrogens with zero attached hydrogens (tertiary/aromatic N) is 3. The molecule has 2 heterocycles. The SMILES string of the molecule is CC(C)Oc1cnc2c(Cl)nccc2n1. The van der Waals surface area contributed by atoms with E-state index in [1.807, 2.05) is 13.8 Å². The zero-order valence-electron chi connectivity index (χ0n) is 8.44. The second kappa shape index (κ2) is 3.98. The van der Waals surface area contributed by atoms with Crippen molar-refractivity contribution < 1.29 is 4.74 Å². The van der Waals surface area contributed by atoms with Gasteiger partial charge in [0.25, 0.3) is 0 Å². The van der Waals surface area contributed by atoms with Crippen LogP contribution in [0.4, 0.5) is 0 Å². The first-order valence-corrected chi connectivity index (χ1v) is 4.98. The number of pyridine rings is 1. The normalized spacial score (nSPS) is 10.9. The minimum Gasteiger partial charge on any atom is -0.474 e. The maximum Gasteiger partial charge on any atom is 0.233 e. The molecule has 0 saturated heterocycles. The number of ether oxygens (including phenoxy) is 1. The molecule has 0 unspecified atom stereocenters. The predicted molar refractivity (Wildman–Crippen MR) is 58.1 cm³/mol. The topological polar surface area (TPSA) is 47.9 Å². The third-order valence-corrected chi connectivity index (χ3v) is 2.03. The van der Waals surface area contributed by atoms with Crippen LogP contribution in [0.25, 0.3) is 11.0 Å². The Labute approximate surface area is 92.3 Å². The molecular formula is C10H10ClN3O. The molecule has 0 atom stereocenters. The number of hydrogen-bond donors (Lipinski definition) is 0. The van der Waals surface area contributed by atoms with Crippen molar-refractivity contribution in [1.29, 1.82) is 0 Å². The molecule has 2 aromatic heterocycles. The van der Waals surface area contributed by atoms with Crippen molar-refractivity contribution in [2.75, 3.05) is 0 Å². The van der Waals surface area contributed by atoms with Gasteiger partial charge in [-0.05, 0) is 19.9 Å². The highest BCUT2D eigenvalue weighted by Crippen LogP contribution is 2.19. The van der Waals surface area contributed by atoms with Gasteiger partial charge in [0.15, 0.2) is 5.15 Å². The molecule has 0 N–H and O–H groups in total. The summed E-state index contributed by atoms with van der Waals surface area (Å²) in [5, 5.41) is 0.357. The Hall–Kier alpha value is -1.42. The molecular weight excluding hydrogens is 214 g/mol. The van der Waals surface area contributed by atoms with Crippen molar-refractivity contribution in [1.82, 2.24) is 15.0 Å². The first-order chi connectivity index (χ1) is 7.16. The number of hydrogen-bond acceptors (Lipinski definition) is 4. The van der Waals surface area contributed by atoms with E-state index in [2.05, 4.69) is 15.0 Å². The lowest BCUT2D eigenvalue weighted by Crippen LogP contribution is -2.07. The minimum absolute atomic E-state index is 0.0778. The van der Waals surface area contributed by atoms with Crippen LogP contribution < -0.4 is 4.74 Å². The average Bonchev–Trinajstić information content (AvgIpc) is 2.17. The second-order valence-corrected chi connectivity index (χ2v) is 3.70. The Morgan fingerprint density at radius 2 is 2.13 bits per heavy atom. The van der Waals surface area contributed by atoms with Crippen molar-refractivity contribution in [2.24, 2.45) is 0 Å². The molecule has 0 amide bonds. The Balaban J connectivity index is 2.48. The van der Waals surface area contributed by atoms with Gasteiger partial charge in [0, 0.05) is 6.20 Å². The smallest absolute Gasteiger partial charge is 0.233 e. The van der Waals surface area contributed by atoms with Crippen molar-refractivity contribution in [2.45, 2.75) is 20.0 Å². The highest BCUT2D eigenvalue weighted by atomic mass is 35.5. The van der Waals surface area contributed by atoms with E-state index in [0.29, 0.717) is 22.1 Å².